The van der Waals surface area contributed by atoms with E-state index in [1.54, 1.807) is 4.90 Å². The second-order valence-corrected chi connectivity index (χ2v) is 8.03. The van der Waals surface area contributed by atoms with Crippen molar-refractivity contribution in [3.63, 3.8) is 0 Å². The van der Waals surface area contributed by atoms with Crippen molar-refractivity contribution in [2.45, 2.75) is 6.54 Å². The summed E-state index contributed by atoms with van der Waals surface area (Å²) in [5.74, 6) is -0.0151. The summed E-state index contributed by atoms with van der Waals surface area (Å²) in [7, 11) is -1.77. The highest BCUT2D eigenvalue weighted by Crippen LogP contribution is 2.20. The lowest BCUT2D eigenvalue weighted by Gasteiger charge is -2.32. The predicted molar refractivity (Wildman–Crippen MR) is 94.4 cm³/mol. The van der Waals surface area contributed by atoms with Gasteiger partial charge < -0.3 is 9.64 Å². The molecule has 1 aromatic carbocycles. The number of ether oxygens (including phenoxy) is 1. The van der Waals surface area contributed by atoms with E-state index in [0.717, 1.165) is 5.56 Å². The number of hydrogen-bond donors (Lipinski definition) is 0. The van der Waals surface area contributed by atoms with E-state index in [4.69, 9.17) is 4.74 Å². The Labute approximate surface area is 152 Å². The summed E-state index contributed by atoms with van der Waals surface area (Å²) in [6, 6.07) is 9.67. The van der Waals surface area contributed by atoms with E-state index >= 15 is 0 Å². The summed E-state index contributed by atoms with van der Waals surface area (Å²) in [6.45, 7) is 1.59. The molecular weight excluding hydrogens is 358 g/mol. The van der Waals surface area contributed by atoms with Gasteiger partial charge in [0.2, 0.25) is 21.6 Å². The Balaban J connectivity index is 1.74. The van der Waals surface area contributed by atoms with Gasteiger partial charge in [0.1, 0.15) is 0 Å². The van der Waals surface area contributed by atoms with Crippen LogP contribution in [0.1, 0.15) is 16.1 Å². The second-order valence-electron chi connectivity index (χ2n) is 6.04. The summed E-state index contributed by atoms with van der Waals surface area (Å²) < 4.78 is 31.4. The lowest BCUT2D eigenvalue weighted by molar-refractivity contribution is 0.0688. The van der Waals surface area contributed by atoms with E-state index in [9.17, 15) is 13.2 Å². The summed E-state index contributed by atoms with van der Waals surface area (Å²) >= 11 is 0. The molecule has 1 aliphatic heterocycles. The van der Waals surface area contributed by atoms with Crippen LogP contribution < -0.4 is 4.74 Å². The van der Waals surface area contributed by atoms with E-state index in [1.165, 1.54) is 22.4 Å². The number of methoxy groups -OCH3 is 1. The smallest absolute Gasteiger partial charge is 0.280 e. The number of nitrogens with zero attached hydrogens (tertiary/aromatic N) is 5. The Morgan fingerprint density at radius 3 is 2.38 bits per heavy atom. The maximum Gasteiger partial charge on any atom is 0.280 e. The molecule has 26 heavy (non-hydrogen) atoms. The first-order chi connectivity index (χ1) is 12.4. The van der Waals surface area contributed by atoms with Crippen molar-refractivity contribution in [2.75, 3.05) is 39.5 Å². The molecule has 140 valence electrons. The van der Waals surface area contributed by atoms with E-state index in [2.05, 4.69) is 10.3 Å². The van der Waals surface area contributed by atoms with Gasteiger partial charge in [-0.25, -0.2) is 13.1 Å². The summed E-state index contributed by atoms with van der Waals surface area (Å²) in [5.41, 5.74) is 1.15. The predicted octanol–water partition coefficient (Wildman–Crippen LogP) is 0.0524. The topological polar surface area (TPSA) is 97.6 Å². The maximum atomic E-state index is 12.8. The minimum absolute atomic E-state index is 0.135. The molecule has 0 radical (unpaired) electrons. The van der Waals surface area contributed by atoms with E-state index in [0.29, 0.717) is 25.5 Å². The second kappa shape index (κ2) is 7.42. The van der Waals surface area contributed by atoms with Crippen molar-refractivity contribution < 1.29 is 17.9 Å². The highest BCUT2D eigenvalue weighted by Gasteiger charge is 2.30. The van der Waals surface area contributed by atoms with E-state index in [-0.39, 0.29) is 24.7 Å². The Kier molecular flexibility index (Phi) is 5.23. The van der Waals surface area contributed by atoms with Gasteiger partial charge >= 0.3 is 0 Å². The monoisotopic (exact) mass is 379 g/mol. The molecule has 10 heteroatoms. The maximum absolute atomic E-state index is 12.8. The molecule has 0 bridgehead atoms. The Hall–Kier alpha value is -2.46. The van der Waals surface area contributed by atoms with Gasteiger partial charge in [-0.1, -0.05) is 35.5 Å². The number of amides is 1. The van der Waals surface area contributed by atoms with Crippen molar-refractivity contribution in [2.24, 2.45) is 0 Å². The van der Waals surface area contributed by atoms with Crippen molar-refractivity contribution in [1.29, 1.82) is 0 Å². The van der Waals surface area contributed by atoms with Crippen molar-refractivity contribution in [3.05, 3.63) is 41.6 Å². The number of aromatic nitrogens is 3. The van der Waals surface area contributed by atoms with Crippen molar-refractivity contribution in [1.82, 2.24) is 24.2 Å². The van der Waals surface area contributed by atoms with Gasteiger partial charge in [0.05, 0.1) is 19.9 Å². The minimum atomic E-state index is -3.24. The van der Waals surface area contributed by atoms with Crippen LogP contribution in [0.15, 0.2) is 30.3 Å². The normalized spacial score (nSPS) is 15.8. The highest BCUT2D eigenvalue weighted by molar-refractivity contribution is 7.88. The zero-order valence-corrected chi connectivity index (χ0v) is 15.5. The summed E-state index contributed by atoms with van der Waals surface area (Å²) in [4.78, 5) is 14.3. The third-order valence-corrected chi connectivity index (χ3v) is 5.56. The number of hydrogen-bond acceptors (Lipinski definition) is 6. The van der Waals surface area contributed by atoms with Gasteiger partial charge in [-0.3, -0.25) is 4.79 Å². The zero-order valence-electron chi connectivity index (χ0n) is 14.7. The number of sulfonamides is 1. The van der Waals surface area contributed by atoms with Crippen LogP contribution in [0.4, 0.5) is 0 Å². The first-order valence-electron chi connectivity index (χ1n) is 8.16. The lowest BCUT2D eigenvalue weighted by atomic mass is 10.2. The molecule has 2 aromatic rings. The molecule has 0 N–H and O–H groups in total. The SMILES string of the molecule is COc1c(C(=O)N2CCN(S(C)(=O)=O)CC2)nnn1Cc1ccccc1. The third kappa shape index (κ3) is 3.86. The molecule has 0 atom stereocenters. The van der Waals surface area contributed by atoms with Crippen LogP contribution >= 0.6 is 0 Å². The Morgan fingerprint density at radius 1 is 1.15 bits per heavy atom. The van der Waals surface area contributed by atoms with Crippen LogP contribution in [-0.4, -0.2) is 78.1 Å². The first kappa shape index (κ1) is 18.3. The minimum Gasteiger partial charge on any atom is -0.479 e. The fourth-order valence-corrected chi connectivity index (χ4v) is 3.70. The summed E-state index contributed by atoms with van der Waals surface area (Å²) in [5, 5.41) is 8.03. The lowest BCUT2D eigenvalue weighted by Crippen LogP contribution is -2.50. The van der Waals surface area contributed by atoms with Crippen LogP contribution in [0.2, 0.25) is 0 Å². The van der Waals surface area contributed by atoms with Gasteiger partial charge in [0.25, 0.3) is 5.91 Å². The highest BCUT2D eigenvalue weighted by atomic mass is 32.2. The van der Waals surface area contributed by atoms with Gasteiger partial charge in [-0.05, 0) is 5.56 Å². The molecule has 0 unspecified atom stereocenters. The molecular formula is C16H21N5O4S. The van der Waals surface area contributed by atoms with Crippen molar-refractivity contribution >= 4 is 15.9 Å². The van der Waals surface area contributed by atoms with Crippen LogP contribution in [0.3, 0.4) is 0 Å². The van der Waals surface area contributed by atoms with Crippen LogP contribution in [0, 0.1) is 0 Å². The molecule has 1 aliphatic rings. The summed E-state index contributed by atoms with van der Waals surface area (Å²) in [6.07, 6.45) is 1.17. The molecule has 1 fully saturated rings. The fraction of sp³-hybridized carbons (Fsp3) is 0.438. The van der Waals surface area contributed by atoms with E-state index < -0.39 is 10.0 Å². The molecule has 9 nitrogen and oxygen atoms in total. The molecule has 2 heterocycles. The third-order valence-electron chi connectivity index (χ3n) is 4.26. The van der Waals surface area contributed by atoms with Gasteiger partial charge in [-0.2, -0.15) is 4.31 Å². The number of carbonyl (C=O) groups excluding carboxylic acids is 1. The Bertz CT molecular complexity index is 873. The molecule has 0 saturated carbocycles. The molecule has 0 spiro atoms. The number of carbonyl (C=O) groups is 1. The van der Waals surface area contributed by atoms with Crippen LogP contribution in [0.5, 0.6) is 5.88 Å². The van der Waals surface area contributed by atoms with Gasteiger partial charge in [0.15, 0.2) is 0 Å². The standard InChI is InChI=1S/C16H21N5O4S/c1-25-16-14(17-18-21(16)12-13-6-4-3-5-7-13)15(22)19-8-10-20(11-9-19)26(2,23)24/h3-7H,8-12H2,1-2H3. The first-order valence-corrected chi connectivity index (χ1v) is 10.0. The average Bonchev–Trinajstić information content (AvgIpc) is 3.04. The average molecular weight is 379 g/mol. The Morgan fingerprint density at radius 2 is 1.81 bits per heavy atom. The number of benzene rings is 1. The van der Waals surface area contributed by atoms with E-state index in [1.807, 2.05) is 30.3 Å². The molecule has 1 amide bonds. The number of piperazine rings is 1. The van der Waals surface area contributed by atoms with Crippen molar-refractivity contribution in [3.8, 4) is 5.88 Å². The van der Waals surface area contributed by atoms with Gasteiger partial charge in [-0.15, -0.1) is 5.10 Å². The molecule has 1 saturated heterocycles. The quantitative estimate of drug-likeness (QED) is 0.728. The molecule has 3 rings (SSSR count). The largest absolute Gasteiger partial charge is 0.479 e. The fourth-order valence-electron chi connectivity index (χ4n) is 2.87. The molecule has 0 aliphatic carbocycles. The molecule has 1 aromatic heterocycles. The number of rotatable bonds is 5. The zero-order chi connectivity index (χ0) is 18.7. The van der Waals surface area contributed by atoms with Gasteiger partial charge in [0, 0.05) is 26.2 Å². The van der Waals surface area contributed by atoms with Crippen LogP contribution in [0.25, 0.3) is 0 Å². The van der Waals surface area contributed by atoms with Crippen LogP contribution in [-0.2, 0) is 16.6 Å².